The van der Waals surface area contributed by atoms with E-state index in [-0.39, 0.29) is 30.8 Å². The number of thioether (sulfide) groups is 1. The minimum absolute atomic E-state index is 0.0792. The van der Waals surface area contributed by atoms with Crippen LogP contribution in [0.3, 0.4) is 0 Å². The zero-order valence-electron chi connectivity index (χ0n) is 17.3. The summed E-state index contributed by atoms with van der Waals surface area (Å²) in [6, 6.07) is 10.2. The van der Waals surface area contributed by atoms with Gasteiger partial charge in [-0.05, 0) is 37.3 Å². The largest absolute Gasteiger partial charge is 0.486 e. The summed E-state index contributed by atoms with van der Waals surface area (Å²) in [5.74, 6) is 1.83. The number of ether oxygens (including phenoxy) is 3. The molecular weight excluding hydrogens is 456 g/mol. The number of rotatable bonds is 8. The summed E-state index contributed by atoms with van der Waals surface area (Å²) in [5.41, 5.74) is 0.732. The van der Waals surface area contributed by atoms with Gasteiger partial charge in [-0.25, -0.2) is 0 Å². The molecule has 2 heterocycles. The van der Waals surface area contributed by atoms with E-state index in [0.29, 0.717) is 44.5 Å². The molecule has 4 rings (SSSR count). The highest BCUT2D eigenvalue weighted by Gasteiger charge is 2.21. The van der Waals surface area contributed by atoms with Crippen molar-refractivity contribution in [1.29, 1.82) is 0 Å². The van der Waals surface area contributed by atoms with Crippen LogP contribution in [0, 0.1) is 0 Å². The molecule has 0 bridgehead atoms. The molecule has 32 heavy (non-hydrogen) atoms. The fourth-order valence-electron chi connectivity index (χ4n) is 2.93. The average molecular weight is 475 g/mol. The fourth-order valence-corrected chi connectivity index (χ4v) is 3.78. The number of fused-ring (bicyclic) bond motifs is 1. The van der Waals surface area contributed by atoms with Crippen LogP contribution in [0.2, 0.25) is 5.02 Å². The maximum absolute atomic E-state index is 12.5. The number of carbonyl (C=O) groups excluding carboxylic acids is 2. The molecule has 1 aliphatic rings. The molecule has 0 saturated carbocycles. The van der Waals surface area contributed by atoms with Crippen LogP contribution in [-0.2, 0) is 18.4 Å². The molecule has 0 aliphatic carbocycles. The van der Waals surface area contributed by atoms with Crippen LogP contribution >= 0.6 is 23.4 Å². The van der Waals surface area contributed by atoms with Gasteiger partial charge in [0.05, 0.1) is 11.4 Å². The molecule has 0 spiro atoms. The van der Waals surface area contributed by atoms with Gasteiger partial charge in [0.25, 0.3) is 0 Å². The smallest absolute Gasteiger partial charge is 0.234 e. The number of halogens is 1. The quantitative estimate of drug-likeness (QED) is 0.389. The Morgan fingerprint density at radius 2 is 1.91 bits per heavy atom. The Labute approximate surface area is 193 Å². The molecule has 3 aromatic rings. The van der Waals surface area contributed by atoms with Crippen LogP contribution in [0.1, 0.15) is 23.1 Å². The first kappa shape index (κ1) is 22.0. The minimum atomic E-state index is -0.293. The molecule has 9 nitrogen and oxygen atoms in total. The van der Waals surface area contributed by atoms with Crippen molar-refractivity contribution >= 4 is 40.7 Å². The summed E-state index contributed by atoms with van der Waals surface area (Å²) in [7, 11) is 1.80. The zero-order valence-corrected chi connectivity index (χ0v) is 18.8. The van der Waals surface area contributed by atoms with Gasteiger partial charge in [0.2, 0.25) is 12.7 Å². The van der Waals surface area contributed by atoms with E-state index in [1.54, 1.807) is 48.0 Å². The third-order valence-electron chi connectivity index (χ3n) is 4.61. The van der Waals surface area contributed by atoms with E-state index in [4.69, 9.17) is 25.8 Å². The molecule has 1 aromatic heterocycles. The number of nitrogens with zero attached hydrogens (tertiary/aromatic N) is 3. The van der Waals surface area contributed by atoms with Gasteiger partial charge >= 0.3 is 0 Å². The van der Waals surface area contributed by atoms with Crippen LogP contribution in [0.5, 0.6) is 17.2 Å². The van der Waals surface area contributed by atoms with Crippen LogP contribution in [-0.4, -0.2) is 39.0 Å². The highest BCUT2D eigenvalue weighted by atomic mass is 35.5. The molecule has 166 valence electrons. The summed E-state index contributed by atoms with van der Waals surface area (Å²) >= 11 is 7.09. The van der Waals surface area contributed by atoms with Gasteiger partial charge in [-0.2, -0.15) is 0 Å². The van der Waals surface area contributed by atoms with Gasteiger partial charge < -0.3 is 24.1 Å². The van der Waals surface area contributed by atoms with Gasteiger partial charge in [-0.3, -0.25) is 9.59 Å². The number of aromatic nitrogens is 3. The van der Waals surface area contributed by atoms with Crippen molar-refractivity contribution in [2.45, 2.75) is 18.7 Å². The van der Waals surface area contributed by atoms with Crippen molar-refractivity contribution in [2.24, 2.45) is 7.05 Å². The first-order valence-electron chi connectivity index (χ1n) is 9.54. The van der Waals surface area contributed by atoms with Gasteiger partial charge in [-0.1, -0.05) is 23.4 Å². The van der Waals surface area contributed by atoms with Crippen molar-refractivity contribution < 1.29 is 23.8 Å². The molecule has 1 amide bonds. The standard InChI is InChI=1S/C21H19ClN4O5S/c1-12(27)15-7-17-18(31-11-30-17)8-16(15)23-20(28)10-32-21-25-24-19(26(21)2)9-29-14-5-3-13(22)4-6-14/h3-8H,9-11H2,1-2H3,(H,23,28). The zero-order chi connectivity index (χ0) is 22.7. The topological polar surface area (TPSA) is 105 Å². The summed E-state index contributed by atoms with van der Waals surface area (Å²) in [6.07, 6.45) is 0. The Bertz CT molecular complexity index is 1170. The van der Waals surface area contributed by atoms with Gasteiger partial charge in [0.1, 0.15) is 12.4 Å². The van der Waals surface area contributed by atoms with E-state index in [2.05, 4.69) is 15.5 Å². The summed E-state index contributed by atoms with van der Waals surface area (Å²) < 4.78 is 18.1. The maximum Gasteiger partial charge on any atom is 0.234 e. The van der Waals surface area contributed by atoms with Crippen molar-refractivity contribution in [3.05, 3.63) is 52.8 Å². The number of Topliss-reactive ketones (excluding diaryl/α,β-unsaturated/α-hetero) is 1. The Balaban J connectivity index is 1.36. The lowest BCUT2D eigenvalue weighted by Crippen LogP contribution is -2.16. The maximum atomic E-state index is 12.5. The number of hydrogen-bond acceptors (Lipinski definition) is 8. The Morgan fingerprint density at radius 3 is 2.62 bits per heavy atom. The van der Waals surface area contributed by atoms with Crippen molar-refractivity contribution in [2.75, 3.05) is 17.9 Å². The SMILES string of the molecule is CC(=O)c1cc2c(cc1NC(=O)CSc1nnc(COc3ccc(Cl)cc3)n1C)OCO2. The lowest BCUT2D eigenvalue weighted by atomic mass is 10.1. The molecule has 0 radical (unpaired) electrons. The normalized spacial score (nSPS) is 12.0. The van der Waals surface area contributed by atoms with Gasteiger partial charge in [0, 0.05) is 23.7 Å². The number of carbonyl (C=O) groups is 2. The Kier molecular flexibility index (Phi) is 6.52. The second-order valence-corrected chi connectivity index (χ2v) is 8.22. The molecule has 0 unspecified atom stereocenters. The van der Waals surface area contributed by atoms with E-state index in [9.17, 15) is 9.59 Å². The predicted molar refractivity (Wildman–Crippen MR) is 119 cm³/mol. The molecule has 0 saturated heterocycles. The number of amides is 1. The second kappa shape index (κ2) is 9.49. The van der Waals surface area contributed by atoms with Crippen molar-refractivity contribution in [3.63, 3.8) is 0 Å². The highest BCUT2D eigenvalue weighted by molar-refractivity contribution is 7.99. The summed E-state index contributed by atoms with van der Waals surface area (Å²) in [6.45, 7) is 1.72. The first-order valence-corrected chi connectivity index (χ1v) is 10.9. The van der Waals surface area contributed by atoms with E-state index < -0.39 is 0 Å². The lowest BCUT2D eigenvalue weighted by molar-refractivity contribution is -0.113. The van der Waals surface area contributed by atoms with Crippen LogP contribution in [0.4, 0.5) is 5.69 Å². The van der Waals surface area contributed by atoms with Crippen LogP contribution in [0.15, 0.2) is 41.6 Å². The van der Waals surface area contributed by atoms with Crippen molar-refractivity contribution in [1.82, 2.24) is 14.8 Å². The minimum Gasteiger partial charge on any atom is -0.486 e. The molecular formula is C21H19ClN4O5S. The fraction of sp³-hybridized carbons (Fsp3) is 0.238. The molecule has 2 aromatic carbocycles. The molecule has 0 atom stereocenters. The third kappa shape index (κ3) is 4.97. The molecule has 1 N–H and O–H groups in total. The average Bonchev–Trinajstić information content (AvgIpc) is 3.37. The third-order valence-corrected chi connectivity index (χ3v) is 5.88. The number of nitrogens with one attached hydrogen (secondary N) is 1. The summed E-state index contributed by atoms with van der Waals surface area (Å²) in [4.78, 5) is 24.5. The first-order chi connectivity index (χ1) is 15.4. The lowest BCUT2D eigenvalue weighted by Gasteiger charge is -2.10. The van der Waals surface area contributed by atoms with Crippen LogP contribution in [0.25, 0.3) is 0 Å². The van der Waals surface area contributed by atoms with E-state index in [1.165, 1.54) is 18.7 Å². The Morgan fingerprint density at radius 1 is 1.19 bits per heavy atom. The second-order valence-electron chi connectivity index (χ2n) is 6.84. The summed E-state index contributed by atoms with van der Waals surface area (Å²) in [5, 5.41) is 12.2. The monoisotopic (exact) mass is 474 g/mol. The van der Waals surface area contributed by atoms with Gasteiger partial charge in [-0.15, -0.1) is 10.2 Å². The molecule has 1 aliphatic heterocycles. The number of hydrogen-bond donors (Lipinski definition) is 1. The van der Waals surface area contributed by atoms with Crippen molar-refractivity contribution in [3.8, 4) is 17.2 Å². The Hall–Kier alpha value is -3.24. The number of benzene rings is 2. The van der Waals surface area contributed by atoms with E-state index >= 15 is 0 Å². The highest BCUT2D eigenvalue weighted by Crippen LogP contribution is 2.37. The molecule has 0 fully saturated rings. The van der Waals surface area contributed by atoms with E-state index in [0.717, 1.165) is 0 Å². The van der Waals surface area contributed by atoms with Crippen LogP contribution < -0.4 is 19.5 Å². The number of anilines is 1. The number of ketones is 1. The van der Waals surface area contributed by atoms with E-state index in [1.807, 2.05) is 0 Å². The predicted octanol–water partition coefficient (Wildman–Crippen LogP) is 3.71. The molecule has 11 heteroatoms. The van der Waals surface area contributed by atoms with Gasteiger partial charge in [0.15, 0.2) is 28.3 Å².